The lowest BCUT2D eigenvalue weighted by Crippen LogP contribution is -2.10. The van der Waals surface area contributed by atoms with Crippen molar-refractivity contribution < 1.29 is 4.42 Å². The lowest BCUT2D eigenvalue weighted by molar-refractivity contribution is 0.667. The lowest BCUT2D eigenvalue weighted by atomic mass is 9.99. The van der Waals surface area contributed by atoms with Gasteiger partial charge in [-0.25, -0.2) is 0 Å². The predicted molar refractivity (Wildman–Crippen MR) is 224 cm³/mol. The third kappa shape index (κ3) is 5.53. The molecule has 0 atom stereocenters. The average molecular weight is 678 g/mol. The van der Waals surface area contributed by atoms with Crippen LogP contribution in [0.2, 0.25) is 0 Å². The summed E-state index contributed by atoms with van der Waals surface area (Å²) in [5.74, 6) is 0. The third-order valence-electron chi connectivity index (χ3n) is 10.6. The van der Waals surface area contributed by atoms with Gasteiger partial charge in [0, 0.05) is 33.4 Å². The van der Waals surface area contributed by atoms with Crippen molar-refractivity contribution in [2.75, 3.05) is 4.90 Å². The van der Waals surface area contributed by atoms with Crippen LogP contribution in [0.15, 0.2) is 199 Å². The van der Waals surface area contributed by atoms with Gasteiger partial charge < -0.3 is 9.32 Å². The van der Waals surface area contributed by atoms with Crippen molar-refractivity contribution in [2.24, 2.45) is 0 Å². The highest BCUT2D eigenvalue weighted by Crippen LogP contribution is 2.41. The summed E-state index contributed by atoms with van der Waals surface area (Å²) >= 11 is 0. The number of nitrogens with zero attached hydrogens (tertiary/aromatic N) is 1. The van der Waals surface area contributed by atoms with Gasteiger partial charge in [-0.15, -0.1) is 0 Å². The van der Waals surface area contributed by atoms with E-state index in [4.69, 9.17) is 4.42 Å². The molecule has 0 fully saturated rings. The fourth-order valence-electron chi connectivity index (χ4n) is 7.79. The molecule has 0 saturated carbocycles. The second-order valence-corrected chi connectivity index (χ2v) is 13.8. The van der Waals surface area contributed by atoms with Crippen LogP contribution >= 0.6 is 0 Å². The van der Waals surface area contributed by atoms with E-state index in [1.165, 1.54) is 43.8 Å². The second kappa shape index (κ2) is 12.7. The van der Waals surface area contributed by atoms with E-state index in [1.807, 2.05) is 0 Å². The number of para-hydroxylation sites is 2. The summed E-state index contributed by atoms with van der Waals surface area (Å²) in [5.41, 5.74) is 13.3. The lowest BCUT2D eigenvalue weighted by Gasteiger charge is -2.26. The largest absolute Gasteiger partial charge is 0.455 e. The summed E-state index contributed by atoms with van der Waals surface area (Å²) in [5, 5.41) is 7.28. The van der Waals surface area contributed by atoms with Gasteiger partial charge in [0.2, 0.25) is 0 Å². The minimum Gasteiger partial charge on any atom is -0.455 e. The Morgan fingerprint density at radius 2 is 0.849 bits per heavy atom. The Bertz CT molecular complexity index is 2950. The van der Waals surface area contributed by atoms with Crippen molar-refractivity contribution in [1.29, 1.82) is 0 Å². The summed E-state index contributed by atoms with van der Waals surface area (Å²) in [6.45, 7) is 2.11. The van der Waals surface area contributed by atoms with Crippen LogP contribution in [0.1, 0.15) is 5.56 Å². The highest BCUT2D eigenvalue weighted by Gasteiger charge is 2.17. The Morgan fingerprint density at radius 1 is 0.340 bits per heavy atom. The Hall–Kier alpha value is -6.90. The SMILES string of the molecule is Cc1cccc2c1oc1c(-c3ccc(N(c4ccc(-c5ccc6ccccc6c5)cc4)c4cccc(-c5ccc6ccccc6c5)c4)cc3)cccc12. The Kier molecular flexibility index (Phi) is 7.40. The van der Waals surface area contributed by atoms with E-state index >= 15 is 0 Å². The summed E-state index contributed by atoms with van der Waals surface area (Å²) < 4.78 is 6.53. The molecule has 10 aromatic rings. The van der Waals surface area contributed by atoms with Gasteiger partial charge in [-0.2, -0.15) is 0 Å². The number of hydrogen-bond acceptors (Lipinski definition) is 2. The number of furan rings is 1. The van der Waals surface area contributed by atoms with E-state index in [0.717, 1.165) is 55.7 Å². The molecule has 2 nitrogen and oxygen atoms in total. The highest BCUT2D eigenvalue weighted by molar-refractivity contribution is 6.10. The first kappa shape index (κ1) is 30.9. The van der Waals surface area contributed by atoms with Crippen LogP contribution in [-0.4, -0.2) is 0 Å². The maximum Gasteiger partial charge on any atom is 0.143 e. The van der Waals surface area contributed by atoms with Crippen LogP contribution in [0.25, 0.3) is 76.9 Å². The van der Waals surface area contributed by atoms with Crippen LogP contribution in [0.5, 0.6) is 0 Å². The number of aryl methyl sites for hydroxylation is 1. The molecule has 10 rings (SSSR count). The van der Waals surface area contributed by atoms with E-state index in [1.54, 1.807) is 0 Å². The Labute approximate surface area is 308 Å². The van der Waals surface area contributed by atoms with Crippen LogP contribution in [0.3, 0.4) is 0 Å². The molecule has 1 aromatic heterocycles. The molecule has 250 valence electrons. The summed E-state index contributed by atoms with van der Waals surface area (Å²) in [6, 6.07) is 70.0. The van der Waals surface area contributed by atoms with Crippen molar-refractivity contribution in [1.82, 2.24) is 0 Å². The van der Waals surface area contributed by atoms with E-state index < -0.39 is 0 Å². The molecule has 1 heterocycles. The van der Waals surface area contributed by atoms with Gasteiger partial charge >= 0.3 is 0 Å². The number of anilines is 3. The highest BCUT2D eigenvalue weighted by atomic mass is 16.3. The number of fused-ring (bicyclic) bond motifs is 5. The molecule has 9 aromatic carbocycles. The first-order chi connectivity index (χ1) is 26.2. The third-order valence-corrected chi connectivity index (χ3v) is 10.6. The van der Waals surface area contributed by atoms with Crippen LogP contribution in [0.4, 0.5) is 17.1 Å². The molecular formula is C51H35NO. The van der Waals surface area contributed by atoms with Gasteiger partial charge in [-0.1, -0.05) is 146 Å². The van der Waals surface area contributed by atoms with E-state index in [-0.39, 0.29) is 0 Å². The standard InChI is InChI=1S/C51H35NO/c1-34-9-6-17-48-49-18-8-16-47(51(49)53-50(34)48)38-25-29-45(30-26-38)52(44-27-23-37(24-28-44)42-21-19-35-10-2-4-12-39(35)31-42)46-15-7-14-41(33-46)43-22-20-36-11-3-5-13-40(36)32-43/h2-33H,1H3. The molecule has 0 aliphatic rings. The molecular weight excluding hydrogens is 643 g/mol. The first-order valence-electron chi connectivity index (χ1n) is 18.2. The van der Waals surface area contributed by atoms with Crippen LogP contribution in [-0.2, 0) is 0 Å². The summed E-state index contributed by atoms with van der Waals surface area (Å²) in [7, 11) is 0. The van der Waals surface area contributed by atoms with Gasteiger partial charge in [-0.3, -0.25) is 0 Å². The van der Waals surface area contributed by atoms with Crippen molar-refractivity contribution in [3.63, 3.8) is 0 Å². The Morgan fingerprint density at radius 3 is 1.51 bits per heavy atom. The number of hydrogen-bond donors (Lipinski definition) is 0. The molecule has 53 heavy (non-hydrogen) atoms. The monoisotopic (exact) mass is 677 g/mol. The zero-order chi connectivity index (χ0) is 35.3. The Balaban J connectivity index is 1.07. The van der Waals surface area contributed by atoms with E-state index in [2.05, 4.69) is 206 Å². The van der Waals surface area contributed by atoms with Crippen molar-refractivity contribution in [3.8, 4) is 33.4 Å². The summed E-state index contributed by atoms with van der Waals surface area (Å²) in [6.07, 6.45) is 0. The fraction of sp³-hybridized carbons (Fsp3) is 0.0196. The van der Waals surface area contributed by atoms with E-state index in [0.29, 0.717) is 0 Å². The van der Waals surface area contributed by atoms with Crippen molar-refractivity contribution in [2.45, 2.75) is 6.92 Å². The maximum absolute atomic E-state index is 6.53. The van der Waals surface area contributed by atoms with Gasteiger partial charge in [-0.05, 0) is 110 Å². The van der Waals surface area contributed by atoms with Gasteiger partial charge in [0.05, 0.1) is 0 Å². The summed E-state index contributed by atoms with van der Waals surface area (Å²) in [4.78, 5) is 2.35. The molecule has 0 aliphatic carbocycles. The molecule has 0 saturated heterocycles. The zero-order valence-electron chi connectivity index (χ0n) is 29.3. The molecule has 2 heteroatoms. The minimum atomic E-state index is 0.925. The topological polar surface area (TPSA) is 16.4 Å². The van der Waals surface area contributed by atoms with Crippen molar-refractivity contribution in [3.05, 3.63) is 200 Å². The quantitative estimate of drug-likeness (QED) is 0.174. The first-order valence-corrected chi connectivity index (χ1v) is 18.2. The molecule has 0 N–H and O–H groups in total. The maximum atomic E-state index is 6.53. The van der Waals surface area contributed by atoms with Crippen LogP contribution in [0, 0.1) is 6.92 Å². The van der Waals surface area contributed by atoms with Crippen LogP contribution < -0.4 is 4.90 Å². The molecule has 0 spiro atoms. The smallest absolute Gasteiger partial charge is 0.143 e. The molecule has 0 bridgehead atoms. The zero-order valence-corrected chi connectivity index (χ0v) is 29.3. The molecule has 0 unspecified atom stereocenters. The van der Waals surface area contributed by atoms with Gasteiger partial charge in [0.1, 0.15) is 11.2 Å². The average Bonchev–Trinajstić information content (AvgIpc) is 3.62. The van der Waals surface area contributed by atoms with Gasteiger partial charge in [0.25, 0.3) is 0 Å². The molecule has 0 aliphatic heterocycles. The second-order valence-electron chi connectivity index (χ2n) is 13.8. The van der Waals surface area contributed by atoms with Crippen molar-refractivity contribution >= 4 is 60.5 Å². The molecule has 0 amide bonds. The van der Waals surface area contributed by atoms with Gasteiger partial charge in [0.15, 0.2) is 0 Å². The number of rotatable bonds is 6. The van der Waals surface area contributed by atoms with E-state index in [9.17, 15) is 0 Å². The normalized spacial score (nSPS) is 11.5. The minimum absolute atomic E-state index is 0.925. The number of benzene rings is 9. The molecule has 0 radical (unpaired) electrons. The fourth-order valence-corrected chi connectivity index (χ4v) is 7.79. The predicted octanol–water partition coefficient (Wildman–Crippen LogP) is 14.7.